The minimum Gasteiger partial charge on any atom is -0.374 e. The van der Waals surface area contributed by atoms with Gasteiger partial charge in [-0.1, -0.05) is 68.5 Å². The molecule has 2 aromatic rings. The first-order chi connectivity index (χ1) is 10.2. The molecule has 0 unspecified atom stereocenters. The van der Waals surface area contributed by atoms with E-state index in [1.54, 1.807) is 0 Å². The quantitative estimate of drug-likeness (QED) is 0.619. The number of ether oxygens (including phenoxy) is 1. The fourth-order valence-corrected chi connectivity index (χ4v) is 2.23. The minimum absolute atomic E-state index is 0.329. The Kier molecular flexibility index (Phi) is 6.01. The molecule has 0 aromatic heterocycles. The zero-order valence-electron chi connectivity index (χ0n) is 13.4. The largest absolute Gasteiger partial charge is 0.374 e. The van der Waals surface area contributed by atoms with Crippen molar-refractivity contribution in [3.63, 3.8) is 0 Å². The smallest absolute Gasteiger partial charge is 0.0651 e. The molecular weight excluding hydrogens is 256 g/mol. The van der Waals surface area contributed by atoms with Crippen LogP contribution < -0.4 is 0 Å². The molecule has 1 heteroatoms. The highest BCUT2D eigenvalue weighted by atomic mass is 16.5. The Bertz CT molecular complexity index is 583. The van der Waals surface area contributed by atoms with Crippen molar-refractivity contribution in [3.05, 3.63) is 60.2 Å². The molecule has 21 heavy (non-hydrogen) atoms. The lowest BCUT2D eigenvalue weighted by molar-refractivity contribution is 0.0545. The van der Waals surface area contributed by atoms with Crippen LogP contribution in [0.2, 0.25) is 0 Å². The fraction of sp³-hybridized carbons (Fsp3) is 0.400. The number of allylic oxidation sites excluding steroid dienone is 1. The molecule has 0 aliphatic carbocycles. The van der Waals surface area contributed by atoms with Crippen LogP contribution in [0.3, 0.4) is 0 Å². The average molecular weight is 282 g/mol. The topological polar surface area (TPSA) is 9.23 Å². The van der Waals surface area contributed by atoms with Crippen LogP contribution in [0.1, 0.15) is 32.8 Å². The molecule has 2 rings (SSSR count). The van der Waals surface area contributed by atoms with E-state index in [-0.39, 0.29) is 0 Å². The molecule has 0 bridgehead atoms. The van der Waals surface area contributed by atoms with Crippen LogP contribution in [0.5, 0.6) is 0 Å². The van der Waals surface area contributed by atoms with Gasteiger partial charge < -0.3 is 4.74 Å². The molecule has 0 N–H and O–H groups in total. The molecule has 1 atom stereocenters. The van der Waals surface area contributed by atoms with Gasteiger partial charge in [-0.3, -0.25) is 0 Å². The van der Waals surface area contributed by atoms with Gasteiger partial charge in [0.1, 0.15) is 0 Å². The van der Waals surface area contributed by atoms with Gasteiger partial charge in [0, 0.05) is 0 Å². The van der Waals surface area contributed by atoms with Crippen molar-refractivity contribution in [3.8, 4) is 0 Å². The average Bonchev–Trinajstić information content (AvgIpc) is 2.50. The highest BCUT2D eigenvalue weighted by Crippen LogP contribution is 2.16. The van der Waals surface area contributed by atoms with Gasteiger partial charge in [0.05, 0.1) is 12.7 Å². The fourth-order valence-electron chi connectivity index (χ4n) is 2.23. The molecular formula is C20H26O. The summed E-state index contributed by atoms with van der Waals surface area (Å²) in [5.74, 6) is 0.580. The molecule has 0 saturated heterocycles. The summed E-state index contributed by atoms with van der Waals surface area (Å²) in [5, 5.41) is 2.64. The molecule has 0 heterocycles. The van der Waals surface area contributed by atoms with Gasteiger partial charge in [0.2, 0.25) is 0 Å². The molecule has 0 aliphatic heterocycles. The van der Waals surface area contributed by atoms with E-state index < -0.39 is 0 Å². The van der Waals surface area contributed by atoms with Crippen molar-refractivity contribution >= 4 is 10.8 Å². The SMILES string of the molecule is CC(C)[C@H](C)OC/C=C/CCc1ccc2ccccc2c1. The lowest BCUT2D eigenvalue weighted by Crippen LogP contribution is -2.15. The van der Waals surface area contributed by atoms with Crippen molar-refractivity contribution in [2.45, 2.75) is 39.7 Å². The summed E-state index contributed by atoms with van der Waals surface area (Å²) in [4.78, 5) is 0. The second kappa shape index (κ2) is 7.99. The number of benzene rings is 2. The summed E-state index contributed by atoms with van der Waals surface area (Å²) in [7, 11) is 0. The number of aryl methyl sites for hydroxylation is 1. The van der Waals surface area contributed by atoms with Gasteiger partial charge in [-0.05, 0) is 42.0 Å². The second-order valence-electron chi connectivity index (χ2n) is 5.97. The summed E-state index contributed by atoms with van der Waals surface area (Å²) in [6.45, 7) is 7.23. The first kappa shape index (κ1) is 15.8. The highest BCUT2D eigenvalue weighted by molar-refractivity contribution is 5.82. The zero-order valence-corrected chi connectivity index (χ0v) is 13.4. The Balaban J connectivity index is 1.77. The van der Waals surface area contributed by atoms with E-state index in [9.17, 15) is 0 Å². The summed E-state index contributed by atoms with van der Waals surface area (Å²) < 4.78 is 5.73. The van der Waals surface area contributed by atoms with Crippen LogP contribution in [0.4, 0.5) is 0 Å². The normalized spacial score (nSPS) is 13.3. The van der Waals surface area contributed by atoms with Crippen molar-refractivity contribution in [2.75, 3.05) is 6.61 Å². The van der Waals surface area contributed by atoms with E-state index in [1.807, 2.05) is 0 Å². The van der Waals surface area contributed by atoms with Gasteiger partial charge in [0.25, 0.3) is 0 Å². The molecule has 0 fully saturated rings. The third-order valence-corrected chi connectivity index (χ3v) is 3.97. The van der Waals surface area contributed by atoms with Crippen molar-refractivity contribution in [2.24, 2.45) is 5.92 Å². The summed E-state index contributed by atoms with van der Waals surface area (Å²) >= 11 is 0. The molecule has 112 valence electrons. The van der Waals surface area contributed by atoms with Crippen LogP contribution >= 0.6 is 0 Å². The summed E-state index contributed by atoms with van der Waals surface area (Å²) in [6.07, 6.45) is 6.84. The van der Waals surface area contributed by atoms with E-state index in [2.05, 4.69) is 75.4 Å². The van der Waals surface area contributed by atoms with E-state index in [0.29, 0.717) is 12.0 Å². The number of hydrogen-bond donors (Lipinski definition) is 0. The predicted octanol–water partition coefficient (Wildman–Crippen LogP) is 5.39. The lowest BCUT2D eigenvalue weighted by Gasteiger charge is -2.14. The van der Waals surface area contributed by atoms with Crippen molar-refractivity contribution < 1.29 is 4.74 Å². The van der Waals surface area contributed by atoms with Crippen LogP contribution in [-0.2, 0) is 11.2 Å². The molecule has 2 aromatic carbocycles. The Morgan fingerprint density at radius 3 is 2.48 bits per heavy atom. The first-order valence-corrected chi connectivity index (χ1v) is 7.91. The molecule has 0 radical (unpaired) electrons. The Labute approximate surface area is 128 Å². The summed E-state index contributed by atoms with van der Waals surface area (Å²) in [5.41, 5.74) is 1.40. The van der Waals surface area contributed by atoms with Crippen LogP contribution in [-0.4, -0.2) is 12.7 Å². The van der Waals surface area contributed by atoms with Gasteiger partial charge >= 0.3 is 0 Å². The monoisotopic (exact) mass is 282 g/mol. The summed E-state index contributed by atoms with van der Waals surface area (Å²) in [6, 6.07) is 15.3. The van der Waals surface area contributed by atoms with Gasteiger partial charge in [0.15, 0.2) is 0 Å². The first-order valence-electron chi connectivity index (χ1n) is 7.91. The predicted molar refractivity (Wildman–Crippen MR) is 91.7 cm³/mol. The third-order valence-electron chi connectivity index (χ3n) is 3.97. The number of fused-ring (bicyclic) bond motifs is 1. The molecule has 0 aliphatic rings. The second-order valence-corrected chi connectivity index (χ2v) is 5.97. The molecule has 0 saturated carbocycles. The van der Waals surface area contributed by atoms with Crippen LogP contribution in [0.15, 0.2) is 54.6 Å². The Morgan fingerprint density at radius 2 is 1.71 bits per heavy atom. The zero-order chi connectivity index (χ0) is 15.1. The number of rotatable bonds is 7. The number of hydrogen-bond acceptors (Lipinski definition) is 1. The van der Waals surface area contributed by atoms with Crippen molar-refractivity contribution in [1.29, 1.82) is 0 Å². The van der Waals surface area contributed by atoms with Crippen molar-refractivity contribution in [1.82, 2.24) is 0 Å². The minimum atomic E-state index is 0.329. The van der Waals surface area contributed by atoms with E-state index in [0.717, 1.165) is 19.4 Å². The Morgan fingerprint density at radius 1 is 0.952 bits per heavy atom. The standard InChI is InChI=1S/C20H26O/c1-16(2)17(3)21-14-8-4-5-9-18-12-13-19-10-6-7-11-20(19)15-18/h4,6-8,10-13,15-17H,5,9,14H2,1-3H3/b8-4+/t17-/m0/s1. The molecule has 0 amide bonds. The van der Waals surface area contributed by atoms with Crippen LogP contribution in [0, 0.1) is 5.92 Å². The van der Waals surface area contributed by atoms with E-state index in [1.165, 1.54) is 16.3 Å². The maximum absolute atomic E-state index is 5.73. The molecule has 0 spiro atoms. The molecule has 1 nitrogen and oxygen atoms in total. The third kappa shape index (κ3) is 5.02. The van der Waals surface area contributed by atoms with Gasteiger partial charge in [-0.25, -0.2) is 0 Å². The van der Waals surface area contributed by atoms with Gasteiger partial charge in [-0.2, -0.15) is 0 Å². The lowest BCUT2D eigenvalue weighted by atomic mass is 10.0. The maximum Gasteiger partial charge on any atom is 0.0651 e. The van der Waals surface area contributed by atoms with E-state index in [4.69, 9.17) is 4.74 Å². The Hall–Kier alpha value is -1.60. The highest BCUT2D eigenvalue weighted by Gasteiger charge is 2.04. The maximum atomic E-state index is 5.73. The van der Waals surface area contributed by atoms with Gasteiger partial charge in [-0.15, -0.1) is 0 Å². The van der Waals surface area contributed by atoms with Crippen LogP contribution in [0.25, 0.3) is 10.8 Å². The van der Waals surface area contributed by atoms with E-state index >= 15 is 0 Å².